The summed E-state index contributed by atoms with van der Waals surface area (Å²) in [5.74, 6) is 1.26. The summed E-state index contributed by atoms with van der Waals surface area (Å²) in [6.07, 6.45) is 0.755. The van der Waals surface area contributed by atoms with Crippen molar-refractivity contribution in [1.29, 1.82) is 0 Å². The Balaban J connectivity index is 2.55. The molecular formula is C10H20N4O. The summed E-state index contributed by atoms with van der Waals surface area (Å²) in [5, 5.41) is 3.87. The standard InChI is InChI=1S/C10H20N4O/c1-4-9-12-10(13-15-9)8(11)7-14(5-2)6-3/h8H,4-7,11H2,1-3H3. The van der Waals surface area contributed by atoms with E-state index in [4.69, 9.17) is 10.3 Å². The van der Waals surface area contributed by atoms with E-state index in [-0.39, 0.29) is 6.04 Å². The molecule has 1 atom stereocenters. The number of likely N-dealkylation sites (N-methyl/N-ethyl adjacent to an activating group) is 1. The molecule has 0 saturated carbocycles. The van der Waals surface area contributed by atoms with Crippen LogP contribution in [0.25, 0.3) is 0 Å². The van der Waals surface area contributed by atoms with Crippen molar-refractivity contribution in [1.82, 2.24) is 15.0 Å². The fourth-order valence-electron chi connectivity index (χ4n) is 1.40. The van der Waals surface area contributed by atoms with Gasteiger partial charge in [-0.25, -0.2) is 0 Å². The van der Waals surface area contributed by atoms with Crippen molar-refractivity contribution >= 4 is 0 Å². The smallest absolute Gasteiger partial charge is 0.226 e. The lowest BCUT2D eigenvalue weighted by Gasteiger charge is -2.20. The van der Waals surface area contributed by atoms with Gasteiger partial charge < -0.3 is 15.2 Å². The van der Waals surface area contributed by atoms with Crippen molar-refractivity contribution < 1.29 is 4.52 Å². The minimum absolute atomic E-state index is 0.158. The predicted molar refractivity (Wildman–Crippen MR) is 58.4 cm³/mol. The highest BCUT2D eigenvalue weighted by Crippen LogP contribution is 2.08. The maximum Gasteiger partial charge on any atom is 0.226 e. The highest BCUT2D eigenvalue weighted by atomic mass is 16.5. The Morgan fingerprint density at radius 1 is 1.33 bits per heavy atom. The van der Waals surface area contributed by atoms with Crippen molar-refractivity contribution in [2.45, 2.75) is 33.2 Å². The SMILES string of the molecule is CCc1nc(C(N)CN(CC)CC)no1. The Morgan fingerprint density at radius 2 is 2.00 bits per heavy atom. The second kappa shape index (κ2) is 5.82. The zero-order valence-electron chi connectivity index (χ0n) is 9.73. The van der Waals surface area contributed by atoms with Crippen molar-refractivity contribution in [3.8, 4) is 0 Å². The average Bonchev–Trinajstić information content (AvgIpc) is 2.74. The van der Waals surface area contributed by atoms with Crippen LogP contribution in [0.1, 0.15) is 38.5 Å². The Bertz CT molecular complexity index is 283. The molecule has 1 heterocycles. The molecule has 0 aliphatic heterocycles. The van der Waals surface area contributed by atoms with Crippen LogP contribution in [0.3, 0.4) is 0 Å². The van der Waals surface area contributed by atoms with E-state index in [9.17, 15) is 0 Å². The lowest BCUT2D eigenvalue weighted by molar-refractivity contribution is 0.277. The second-order valence-corrected chi connectivity index (χ2v) is 3.49. The number of aryl methyl sites for hydroxylation is 1. The summed E-state index contributed by atoms with van der Waals surface area (Å²) < 4.78 is 5.02. The molecule has 0 aliphatic rings. The maximum atomic E-state index is 5.99. The minimum atomic E-state index is -0.158. The molecule has 0 amide bonds. The first-order valence-corrected chi connectivity index (χ1v) is 5.51. The molecule has 1 aromatic rings. The third-order valence-electron chi connectivity index (χ3n) is 2.47. The molecule has 2 N–H and O–H groups in total. The van der Waals surface area contributed by atoms with Gasteiger partial charge in [0, 0.05) is 13.0 Å². The monoisotopic (exact) mass is 212 g/mol. The van der Waals surface area contributed by atoms with E-state index < -0.39 is 0 Å². The maximum absolute atomic E-state index is 5.99. The summed E-state index contributed by atoms with van der Waals surface area (Å²) in [6.45, 7) is 8.96. The number of nitrogens with two attached hydrogens (primary N) is 1. The molecule has 0 radical (unpaired) electrons. The first kappa shape index (κ1) is 12.1. The van der Waals surface area contributed by atoms with Crippen LogP contribution in [-0.4, -0.2) is 34.7 Å². The minimum Gasteiger partial charge on any atom is -0.339 e. The van der Waals surface area contributed by atoms with Crippen LogP contribution in [0.15, 0.2) is 4.52 Å². The first-order chi connectivity index (χ1) is 7.21. The zero-order chi connectivity index (χ0) is 11.3. The number of aromatic nitrogens is 2. The van der Waals surface area contributed by atoms with Gasteiger partial charge in [0.25, 0.3) is 0 Å². The van der Waals surface area contributed by atoms with E-state index in [2.05, 4.69) is 28.9 Å². The normalized spacial score (nSPS) is 13.4. The van der Waals surface area contributed by atoms with Gasteiger partial charge in [-0.3, -0.25) is 0 Å². The van der Waals surface area contributed by atoms with Gasteiger partial charge in [-0.05, 0) is 13.1 Å². The van der Waals surface area contributed by atoms with Crippen molar-refractivity contribution in [3.05, 3.63) is 11.7 Å². The molecular weight excluding hydrogens is 192 g/mol. The van der Waals surface area contributed by atoms with Gasteiger partial charge in [-0.1, -0.05) is 25.9 Å². The molecule has 0 bridgehead atoms. The molecule has 15 heavy (non-hydrogen) atoms. The van der Waals surface area contributed by atoms with Crippen molar-refractivity contribution in [2.75, 3.05) is 19.6 Å². The van der Waals surface area contributed by atoms with Crippen LogP contribution in [0.4, 0.5) is 0 Å². The molecule has 5 nitrogen and oxygen atoms in total. The number of hydrogen-bond donors (Lipinski definition) is 1. The molecule has 1 rings (SSSR count). The fourth-order valence-corrected chi connectivity index (χ4v) is 1.40. The summed E-state index contributed by atoms with van der Waals surface area (Å²) in [6, 6.07) is -0.158. The van der Waals surface area contributed by atoms with E-state index >= 15 is 0 Å². The van der Waals surface area contributed by atoms with Crippen LogP contribution in [0.5, 0.6) is 0 Å². The largest absolute Gasteiger partial charge is 0.339 e. The molecule has 5 heteroatoms. The topological polar surface area (TPSA) is 68.2 Å². The van der Waals surface area contributed by atoms with E-state index in [1.807, 2.05) is 6.92 Å². The molecule has 0 aliphatic carbocycles. The number of nitrogens with zero attached hydrogens (tertiary/aromatic N) is 3. The fraction of sp³-hybridized carbons (Fsp3) is 0.800. The Labute approximate surface area is 90.6 Å². The summed E-state index contributed by atoms with van der Waals surface area (Å²) in [5.41, 5.74) is 5.99. The van der Waals surface area contributed by atoms with Gasteiger partial charge in [-0.2, -0.15) is 4.98 Å². The Kier molecular flexibility index (Phi) is 4.71. The highest BCUT2D eigenvalue weighted by molar-refractivity contribution is 4.93. The van der Waals surface area contributed by atoms with Crippen LogP contribution in [0, 0.1) is 0 Å². The molecule has 1 unspecified atom stereocenters. The van der Waals surface area contributed by atoms with E-state index in [0.29, 0.717) is 11.7 Å². The lowest BCUT2D eigenvalue weighted by atomic mass is 10.2. The summed E-state index contributed by atoms with van der Waals surface area (Å²) in [7, 11) is 0. The predicted octanol–water partition coefficient (Wildman–Crippen LogP) is 0.974. The van der Waals surface area contributed by atoms with Crippen LogP contribution < -0.4 is 5.73 Å². The third-order valence-corrected chi connectivity index (χ3v) is 2.47. The molecule has 1 aromatic heterocycles. The number of rotatable bonds is 6. The Morgan fingerprint density at radius 3 is 2.47 bits per heavy atom. The molecule has 0 fully saturated rings. The first-order valence-electron chi connectivity index (χ1n) is 5.51. The summed E-state index contributed by atoms with van der Waals surface area (Å²) in [4.78, 5) is 6.46. The molecule has 86 valence electrons. The van der Waals surface area contributed by atoms with Gasteiger partial charge in [0.1, 0.15) is 0 Å². The van der Waals surface area contributed by atoms with Gasteiger partial charge in [-0.15, -0.1) is 0 Å². The lowest BCUT2D eigenvalue weighted by Crippen LogP contribution is -2.32. The molecule has 0 aromatic carbocycles. The molecule has 0 spiro atoms. The van der Waals surface area contributed by atoms with Crippen molar-refractivity contribution in [3.63, 3.8) is 0 Å². The molecule has 0 saturated heterocycles. The van der Waals surface area contributed by atoms with Gasteiger partial charge >= 0.3 is 0 Å². The van der Waals surface area contributed by atoms with E-state index in [0.717, 1.165) is 26.1 Å². The number of hydrogen-bond acceptors (Lipinski definition) is 5. The van der Waals surface area contributed by atoms with Gasteiger partial charge in [0.15, 0.2) is 5.82 Å². The third kappa shape index (κ3) is 3.28. The van der Waals surface area contributed by atoms with Crippen LogP contribution >= 0.6 is 0 Å². The quantitative estimate of drug-likeness (QED) is 0.761. The van der Waals surface area contributed by atoms with Crippen LogP contribution in [-0.2, 0) is 6.42 Å². The van der Waals surface area contributed by atoms with E-state index in [1.54, 1.807) is 0 Å². The van der Waals surface area contributed by atoms with Gasteiger partial charge in [0.05, 0.1) is 6.04 Å². The van der Waals surface area contributed by atoms with Crippen molar-refractivity contribution in [2.24, 2.45) is 5.73 Å². The Hall–Kier alpha value is -0.940. The zero-order valence-corrected chi connectivity index (χ0v) is 9.73. The van der Waals surface area contributed by atoms with Gasteiger partial charge in [0.2, 0.25) is 5.89 Å². The highest BCUT2D eigenvalue weighted by Gasteiger charge is 2.15. The van der Waals surface area contributed by atoms with E-state index in [1.165, 1.54) is 0 Å². The second-order valence-electron chi connectivity index (χ2n) is 3.49. The summed E-state index contributed by atoms with van der Waals surface area (Å²) >= 11 is 0. The average molecular weight is 212 g/mol. The van der Waals surface area contributed by atoms with Crippen LogP contribution in [0.2, 0.25) is 0 Å².